The van der Waals surface area contributed by atoms with Gasteiger partial charge in [0.25, 0.3) is 0 Å². The molecule has 1 aromatic carbocycles. The van der Waals surface area contributed by atoms with Gasteiger partial charge < -0.3 is 19.9 Å². The highest BCUT2D eigenvalue weighted by molar-refractivity contribution is 5.52. The molecule has 0 spiro atoms. The van der Waals surface area contributed by atoms with E-state index in [1.807, 2.05) is 26.0 Å². The SMILES string of the molecule is C=CC(C)Oc1cc2c(cc1CC(C)N)OCO2. The third kappa shape index (κ3) is 2.76. The molecule has 0 radical (unpaired) electrons. The van der Waals surface area contributed by atoms with Crippen LogP contribution in [0.2, 0.25) is 0 Å². The average Bonchev–Trinajstić information content (AvgIpc) is 2.75. The second kappa shape index (κ2) is 5.31. The second-order valence-electron chi connectivity index (χ2n) is 4.55. The van der Waals surface area contributed by atoms with E-state index in [0.29, 0.717) is 0 Å². The lowest BCUT2D eigenvalue weighted by atomic mass is 10.1. The van der Waals surface area contributed by atoms with Gasteiger partial charge in [0.1, 0.15) is 11.9 Å². The maximum atomic E-state index is 5.85. The second-order valence-corrected chi connectivity index (χ2v) is 4.55. The fourth-order valence-corrected chi connectivity index (χ4v) is 1.83. The van der Waals surface area contributed by atoms with Gasteiger partial charge in [-0.05, 0) is 31.9 Å². The van der Waals surface area contributed by atoms with Gasteiger partial charge in [-0.15, -0.1) is 0 Å². The van der Waals surface area contributed by atoms with Crippen molar-refractivity contribution >= 4 is 0 Å². The molecule has 4 heteroatoms. The summed E-state index contributed by atoms with van der Waals surface area (Å²) in [6, 6.07) is 3.86. The fourth-order valence-electron chi connectivity index (χ4n) is 1.83. The number of hydrogen-bond acceptors (Lipinski definition) is 4. The van der Waals surface area contributed by atoms with Crippen molar-refractivity contribution in [1.29, 1.82) is 0 Å². The van der Waals surface area contributed by atoms with Gasteiger partial charge in [-0.2, -0.15) is 0 Å². The van der Waals surface area contributed by atoms with Crippen LogP contribution in [0.4, 0.5) is 0 Å². The van der Waals surface area contributed by atoms with Gasteiger partial charge in [0.2, 0.25) is 6.79 Å². The van der Waals surface area contributed by atoms with E-state index in [9.17, 15) is 0 Å². The van der Waals surface area contributed by atoms with E-state index in [2.05, 4.69) is 6.58 Å². The highest BCUT2D eigenvalue weighted by atomic mass is 16.7. The van der Waals surface area contributed by atoms with Crippen molar-refractivity contribution in [2.24, 2.45) is 5.73 Å². The Morgan fingerprint density at radius 1 is 1.39 bits per heavy atom. The molecule has 1 aliphatic rings. The molecule has 0 saturated heterocycles. The number of benzene rings is 1. The smallest absolute Gasteiger partial charge is 0.231 e. The van der Waals surface area contributed by atoms with Crippen molar-refractivity contribution in [3.63, 3.8) is 0 Å². The molecule has 98 valence electrons. The van der Waals surface area contributed by atoms with Gasteiger partial charge in [-0.3, -0.25) is 0 Å². The van der Waals surface area contributed by atoms with Crippen LogP contribution in [-0.2, 0) is 6.42 Å². The third-order valence-corrected chi connectivity index (χ3v) is 2.74. The van der Waals surface area contributed by atoms with E-state index in [0.717, 1.165) is 29.2 Å². The van der Waals surface area contributed by atoms with Gasteiger partial charge in [0, 0.05) is 12.1 Å². The Labute approximate surface area is 107 Å². The number of ether oxygens (including phenoxy) is 3. The lowest BCUT2D eigenvalue weighted by Crippen LogP contribution is -2.19. The summed E-state index contributed by atoms with van der Waals surface area (Å²) in [4.78, 5) is 0. The molecular weight excluding hydrogens is 230 g/mol. The Balaban J connectivity index is 2.31. The minimum absolute atomic E-state index is 0.0581. The largest absolute Gasteiger partial charge is 0.486 e. The molecule has 1 heterocycles. The molecule has 0 saturated carbocycles. The van der Waals surface area contributed by atoms with Crippen molar-refractivity contribution in [3.8, 4) is 17.2 Å². The average molecular weight is 249 g/mol. The van der Waals surface area contributed by atoms with E-state index in [1.165, 1.54) is 0 Å². The van der Waals surface area contributed by atoms with Crippen LogP contribution in [0.25, 0.3) is 0 Å². The summed E-state index contributed by atoms with van der Waals surface area (Å²) >= 11 is 0. The summed E-state index contributed by atoms with van der Waals surface area (Å²) in [6.07, 6.45) is 2.42. The molecule has 2 atom stereocenters. The van der Waals surface area contributed by atoms with Crippen molar-refractivity contribution < 1.29 is 14.2 Å². The molecule has 2 N–H and O–H groups in total. The summed E-state index contributed by atoms with van der Waals surface area (Å²) in [5.41, 5.74) is 6.88. The van der Waals surface area contributed by atoms with Gasteiger partial charge in [0.15, 0.2) is 11.5 Å². The Kier molecular flexibility index (Phi) is 3.77. The number of hydrogen-bond donors (Lipinski definition) is 1. The topological polar surface area (TPSA) is 53.7 Å². The van der Waals surface area contributed by atoms with Crippen LogP contribution < -0.4 is 19.9 Å². The third-order valence-electron chi connectivity index (χ3n) is 2.74. The quantitative estimate of drug-likeness (QED) is 0.813. The molecular formula is C14H19NO3. The highest BCUT2D eigenvalue weighted by Gasteiger charge is 2.19. The number of nitrogens with two attached hydrogens (primary N) is 1. The van der Waals surface area contributed by atoms with Gasteiger partial charge in [-0.25, -0.2) is 0 Å². The molecule has 4 nitrogen and oxygen atoms in total. The van der Waals surface area contributed by atoms with Crippen LogP contribution in [0.3, 0.4) is 0 Å². The summed E-state index contributed by atoms with van der Waals surface area (Å²) in [7, 11) is 0. The van der Waals surface area contributed by atoms with Crippen molar-refractivity contribution in [2.75, 3.05) is 6.79 Å². The first-order valence-corrected chi connectivity index (χ1v) is 6.07. The molecule has 0 aliphatic carbocycles. The van der Waals surface area contributed by atoms with E-state index in [1.54, 1.807) is 6.08 Å². The molecule has 0 fully saturated rings. The highest BCUT2D eigenvalue weighted by Crippen LogP contribution is 2.38. The minimum Gasteiger partial charge on any atom is -0.486 e. The zero-order valence-corrected chi connectivity index (χ0v) is 10.8. The zero-order chi connectivity index (χ0) is 13.1. The van der Waals surface area contributed by atoms with Crippen LogP contribution in [0, 0.1) is 0 Å². The van der Waals surface area contributed by atoms with Crippen molar-refractivity contribution in [3.05, 3.63) is 30.4 Å². The molecule has 0 amide bonds. The lowest BCUT2D eigenvalue weighted by Gasteiger charge is -2.16. The van der Waals surface area contributed by atoms with Crippen LogP contribution in [0.15, 0.2) is 24.8 Å². The van der Waals surface area contributed by atoms with E-state index < -0.39 is 0 Å². The molecule has 1 aliphatic heterocycles. The molecule has 0 aromatic heterocycles. The molecule has 2 unspecified atom stereocenters. The van der Waals surface area contributed by atoms with E-state index in [4.69, 9.17) is 19.9 Å². The molecule has 2 rings (SSSR count). The van der Waals surface area contributed by atoms with Crippen molar-refractivity contribution in [1.82, 2.24) is 0 Å². The minimum atomic E-state index is -0.0581. The molecule has 1 aromatic rings. The summed E-state index contributed by atoms with van der Waals surface area (Å²) in [5.74, 6) is 2.25. The zero-order valence-electron chi connectivity index (χ0n) is 10.8. The first kappa shape index (κ1) is 12.8. The lowest BCUT2D eigenvalue weighted by molar-refractivity contribution is 0.173. The predicted molar refractivity (Wildman–Crippen MR) is 70.2 cm³/mol. The standard InChI is InChI=1S/C14H19NO3/c1-4-10(3)18-12-7-14-13(16-8-17-14)6-11(12)5-9(2)15/h4,6-7,9-10H,1,5,8,15H2,2-3H3. The Hall–Kier alpha value is -1.68. The van der Waals surface area contributed by atoms with E-state index in [-0.39, 0.29) is 18.9 Å². The summed E-state index contributed by atoms with van der Waals surface area (Å²) < 4.78 is 16.5. The molecule has 18 heavy (non-hydrogen) atoms. The van der Waals surface area contributed by atoms with Gasteiger partial charge in [-0.1, -0.05) is 12.7 Å². The van der Waals surface area contributed by atoms with Crippen LogP contribution >= 0.6 is 0 Å². The summed E-state index contributed by atoms with van der Waals surface area (Å²) in [5, 5.41) is 0. The van der Waals surface area contributed by atoms with Crippen LogP contribution in [0.1, 0.15) is 19.4 Å². The predicted octanol–water partition coefficient (Wildman–Crippen LogP) is 2.26. The normalized spacial score (nSPS) is 16.2. The Bertz CT molecular complexity index is 443. The van der Waals surface area contributed by atoms with Crippen LogP contribution in [0.5, 0.6) is 17.2 Å². The maximum Gasteiger partial charge on any atom is 0.231 e. The van der Waals surface area contributed by atoms with E-state index >= 15 is 0 Å². The number of fused-ring (bicyclic) bond motifs is 1. The summed E-state index contributed by atoms with van der Waals surface area (Å²) in [6.45, 7) is 7.87. The monoisotopic (exact) mass is 249 g/mol. The van der Waals surface area contributed by atoms with Gasteiger partial charge >= 0.3 is 0 Å². The molecule has 0 bridgehead atoms. The maximum absolute atomic E-state index is 5.85. The Morgan fingerprint density at radius 2 is 2.06 bits per heavy atom. The van der Waals surface area contributed by atoms with Crippen LogP contribution in [-0.4, -0.2) is 18.9 Å². The van der Waals surface area contributed by atoms with Gasteiger partial charge in [0.05, 0.1) is 0 Å². The Morgan fingerprint density at radius 3 is 2.67 bits per heavy atom. The first-order chi connectivity index (χ1) is 8.60. The van der Waals surface area contributed by atoms with Crippen molar-refractivity contribution in [2.45, 2.75) is 32.4 Å². The fraction of sp³-hybridized carbons (Fsp3) is 0.429. The first-order valence-electron chi connectivity index (χ1n) is 6.07. The number of rotatable bonds is 5.